The fourth-order valence-electron chi connectivity index (χ4n) is 3.33. The Morgan fingerprint density at radius 1 is 0.833 bits per heavy atom. The van der Waals surface area contributed by atoms with Crippen molar-refractivity contribution in [3.05, 3.63) is 97.8 Å². The second kappa shape index (κ2) is 7.70. The Balaban J connectivity index is 1.82. The SMILES string of the molecule is O=c1[nH]c(-c2ccc(I)cc2)nc2c1nc(-c1ccc(Cl)cc1)n2-c1ccccc1. The van der Waals surface area contributed by atoms with Crippen LogP contribution < -0.4 is 5.56 Å². The largest absolute Gasteiger partial charge is 0.305 e. The molecule has 0 radical (unpaired) electrons. The number of para-hydroxylation sites is 1. The van der Waals surface area contributed by atoms with E-state index in [1.54, 1.807) is 12.1 Å². The maximum absolute atomic E-state index is 12.9. The van der Waals surface area contributed by atoms with Gasteiger partial charge < -0.3 is 4.98 Å². The Hall–Kier alpha value is -2.97. The first kappa shape index (κ1) is 19.0. The maximum Gasteiger partial charge on any atom is 0.279 e. The van der Waals surface area contributed by atoms with Crippen molar-refractivity contribution in [2.24, 2.45) is 0 Å². The monoisotopic (exact) mass is 524 g/mol. The summed E-state index contributed by atoms with van der Waals surface area (Å²) >= 11 is 8.31. The van der Waals surface area contributed by atoms with Gasteiger partial charge >= 0.3 is 0 Å². The van der Waals surface area contributed by atoms with Gasteiger partial charge in [0, 0.05) is 25.4 Å². The van der Waals surface area contributed by atoms with E-state index in [0.717, 1.165) is 20.4 Å². The number of hydrogen-bond acceptors (Lipinski definition) is 3. The summed E-state index contributed by atoms with van der Waals surface area (Å²) in [6, 6.07) is 25.0. The number of fused-ring (bicyclic) bond motifs is 1. The first-order valence-corrected chi connectivity index (χ1v) is 10.7. The van der Waals surface area contributed by atoms with Crippen LogP contribution in [-0.4, -0.2) is 19.5 Å². The van der Waals surface area contributed by atoms with Gasteiger partial charge in [-0.25, -0.2) is 9.97 Å². The molecule has 30 heavy (non-hydrogen) atoms. The van der Waals surface area contributed by atoms with Crippen molar-refractivity contribution >= 4 is 45.4 Å². The second-order valence-corrected chi connectivity index (χ2v) is 8.39. The average Bonchev–Trinajstić information content (AvgIpc) is 3.15. The van der Waals surface area contributed by atoms with E-state index in [1.807, 2.05) is 71.3 Å². The van der Waals surface area contributed by atoms with Crippen LogP contribution in [0, 0.1) is 3.57 Å². The van der Waals surface area contributed by atoms with E-state index in [4.69, 9.17) is 16.6 Å². The number of aromatic nitrogens is 4. The molecule has 2 aromatic heterocycles. The van der Waals surface area contributed by atoms with Crippen LogP contribution in [0.25, 0.3) is 39.6 Å². The number of rotatable bonds is 3. The standard InChI is InChI=1S/C23H14ClIN4O/c24-16-10-6-15(7-11-16)21-26-19-22(29(21)18-4-2-1-3-5-18)27-20(28-23(19)30)14-8-12-17(25)13-9-14/h1-13H,(H,27,28,30). The predicted molar refractivity (Wildman–Crippen MR) is 128 cm³/mol. The zero-order valence-electron chi connectivity index (χ0n) is 15.5. The number of nitrogens with one attached hydrogen (secondary N) is 1. The molecule has 0 bridgehead atoms. The van der Waals surface area contributed by atoms with E-state index in [2.05, 4.69) is 32.6 Å². The lowest BCUT2D eigenvalue weighted by molar-refractivity contribution is 1.07. The summed E-state index contributed by atoms with van der Waals surface area (Å²) < 4.78 is 3.02. The van der Waals surface area contributed by atoms with Crippen LogP contribution in [0.1, 0.15) is 0 Å². The molecule has 0 aliphatic carbocycles. The fraction of sp³-hybridized carbons (Fsp3) is 0. The van der Waals surface area contributed by atoms with Crippen LogP contribution in [0.15, 0.2) is 83.7 Å². The molecule has 0 saturated heterocycles. The van der Waals surface area contributed by atoms with Crippen molar-refractivity contribution < 1.29 is 0 Å². The Morgan fingerprint density at radius 3 is 2.20 bits per heavy atom. The van der Waals surface area contributed by atoms with Gasteiger partial charge in [-0.2, -0.15) is 0 Å². The van der Waals surface area contributed by atoms with Gasteiger partial charge in [-0.3, -0.25) is 9.36 Å². The molecule has 5 rings (SSSR count). The molecule has 146 valence electrons. The number of nitrogens with zero attached hydrogens (tertiary/aromatic N) is 3. The first-order chi connectivity index (χ1) is 14.6. The Labute approximate surface area is 190 Å². The van der Waals surface area contributed by atoms with Gasteiger partial charge in [0.1, 0.15) is 11.6 Å². The third-order valence-electron chi connectivity index (χ3n) is 4.75. The molecule has 0 amide bonds. The Kier molecular flexibility index (Phi) is 4.88. The molecule has 3 aromatic carbocycles. The molecule has 0 fully saturated rings. The molecule has 2 heterocycles. The minimum absolute atomic E-state index is 0.279. The number of hydrogen-bond donors (Lipinski definition) is 1. The van der Waals surface area contributed by atoms with E-state index in [0.29, 0.717) is 22.3 Å². The highest BCUT2D eigenvalue weighted by atomic mass is 127. The number of halogens is 2. The molecule has 1 N–H and O–H groups in total. The molecular weight excluding hydrogens is 511 g/mol. The van der Waals surface area contributed by atoms with Crippen molar-refractivity contribution in [2.75, 3.05) is 0 Å². The van der Waals surface area contributed by atoms with Gasteiger partial charge in [-0.1, -0.05) is 41.9 Å². The van der Waals surface area contributed by atoms with Crippen molar-refractivity contribution in [3.8, 4) is 28.5 Å². The predicted octanol–water partition coefficient (Wildman–Crippen LogP) is 5.70. The highest BCUT2D eigenvalue weighted by molar-refractivity contribution is 14.1. The van der Waals surface area contributed by atoms with E-state index < -0.39 is 0 Å². The highest BCUT2D eigenvalue weighted by Gasteiger charge is 2.19. The normalized spacial score (nSPS) is 11.1. The van der Waals surface area contributed by atoms with Crippen LogP contribution >= 0.6 is 34.2 Å². The quantitative estimate of drug-likeness (QED) is 0.308. The lowest BCUT2D eigenvalue weighted by Crippen LogP contribution is -2.10. The van der Waals surface area contributed by atoms with E-state index in [9.17, 15) is 4.79 Å². The molecule has 0 spiro atoms. The van der Waals surface area contributed by atoms with Crippen LogP contribution in [-0.2, 0) is 0 Å². The fourth-order valence-corrected chi connectivity index (χ4v) is 3.81. The van der Waals surface area contributed by atoms with Crippen LogP contribution in [0.4, 0.5) is 0 Å². The van der Waals surface area contributed by atoms with Gasteiger partial charge in [-0.15, -0.1) is 0 Å². The van der Waals surface area contributed by atoms with Gasteiger partial charge in [0.15, 0.2) is 11.2 Å². The van der Waals surface area contributed by atoms with Crippen LogP contribution in [0.2, 0.25) is 5.02 Å². The van der Waals surface area contributed by atoms with Gasteiger partial charge in [0.2, 0.25) is 0 Å². The van der Waals surface area contributed by atoms with Gasteiger partial charge in [0.25, 0.3) is 5.56 Å². The lowest BCUT2D eigenvalue weighted by Gasteiger charge is -2.09. The molecule has 5 aromatic rings. The van der Waals surface area contributed by atoms with Crippen molar-refractivity contribution in [3.63, 3.8) is 0 Å². The van der Waals surface area contributed by atoms with Crippen molar-refractivity contribution in [1.29, 1.82) is 0 Å². The Bertz CT molecular complexity index is 1410. The summed E-state index contributed by atoms with van der Waals surface area (Å²) in [6.07, 6.45) is 0. The summed E-state index contributed by atoms with van der Waals surface area (Å²) in [5.74, 6) is 1.13. The van der Waals surface area contributed by atoms with Gasteiger partial charge in [-0.05, 0) is 71.1 Å². The molecule has 0 saturated carbocycles. The topological polar surface area (TPSA) is 63.6 Å². The lowest BCUT2D eigenvalue weighted by atomic mass is 10.2. The molecule has 7 heteroatoms. The Morgan fingerprint density at radius 2 is 1.50 bits per heavy atom. The van der Waals surface area contributed by atoms with E-state index in [1.165, 1.54) is 0 Å². The molecular formula is C23H14ClIN4O. The summed E-state index contributed by atoms with van der Waals surface area (Å²) in [5, 5.41) is 0.637. The van der Waals surface area contributed by atoms with Crippen LogP contribution in [0.5, 0.6) is 0 Å². The number of benzene rings is 3. The minimum Gasteiger partial charge on any atom is -0.305 e. The zero-order chi connectivity index (χ0) is 20.7. The summed E-state index contributed by atoms with van der Waals surface area (Å²) in [5.41, 5.74) is 3.07. The number of aromatic amines is 1. The molecule has 0 aliphatic rings. The molecule has 0 atom stereocenters. The third-order valence-corrected chi connectivity index (χ3v) is 5.72. The molecule has 0 unspecified atom stereocenters. The highest BCUT2D eigenvalue weighted by Crippen LogP contribution is 2.28. The van der Waals surface area contributed by atoms with Crippen molar-refractivity contribution in [1.82, 2.24) is 19.5 Å². The third kappa shape index (κ3) is 3.42. The summed E-state index contributed by atoms with van der Waals surface area (Å²) in [7, 11) is 0. The van der Waals surface area contributed by atoms with Crippen LogP contribution in [0.3, 0.4) is 0 Å². The minimum atomic E-state index is -0.279. The molecule has 0 aliphatic heterocycles. The second-order valence-electron chi connectivity index (χ2n) is 6.71. The summed E-state index contributed by atoms with van der Waals surface area (Å²) in [6.45, 7) is 0. The van der Waals surface area contributed by atoms with Crippen molar-refractivity contribution in [2.45, 2.75) is 0 Å². The van der Waals surface area contributed by atoms with Gasteiger partial charge in [0.05, 0.1) is 0 Å². The summed E-state index contributed by atoms with van der Waals surface area (Å²) in [4.78, 5) is 25.2. The smallest absolute Gasteiger partial charge is 0.279 e. The van der Waals surface area contributed by atoms with E-state index >= 15 is 0 Å². The zero-order valence-corrected chi connectivity index (χ0v) is 18.4. The van der Waals surface area contributed by atoms with E-state index in [-0.39, 0.29) is 11.1 Å². The molecule has 5 nitrogen and oxygen atoms in total. The average molecular weight is 525 g/mol. The maximum atomic E-state index is 12.9. The number of imidazole rings is 1. The number of H-pyrrole nitrogens is 1. The first-order valence-electron chi connectivity index (χ1n) is 9.20.